The number of carbonyl (C=O) groups excluding carboxylic acids is 1. The molecule has 116 valence electrons. The topological polar surface area (TPSA) is 65.4 Å². The summed E-state index contributed by atoms with van der Waals surface area (Å²) in [5.41, 5.74) is 2.31. The fourth-order valence-corrected chi connectivity index (χ4v) is 3.29. The monoisotopic (exact) mass is 299 g/mol. The van der Waals surface area contributed by atoms with E-state index in [-0.39, 0.29) is 11.5 Å². The summed E-state index contributed by atoms with van der Waals surface area (Å²) in [6.07, 6.45) is 0.635. The second-order valence-electron chi connectivity index (χ2n) is 7.16. The molecule has 1 saturated heterocycles. The zero-order chi connectivity index (χ0) is 16.0. The first kappa shape index (κ1) is 14.7. The first-order valence-electron chi connectivity index (χ1n) is 7.59. The van der Waals surface area contributed by atoms with Crippen molar-refractivity contribution in [2.24, 2.45) is 0 Å². The van der Waals surface area contributed by atoms with Crippen molar-refractivity contribution in [2.75, 3.05) is 25.0 Å². The third kappa shape index (κ3) is 2.50. The third-order valence-electron chi connectivity index (χ3n) is 4.34. The van der Waals surface area contributed by atoms with Crippen molar-refractivity contribution in [3.05, 3.63) is 29.3 Å². The summed E-state index contributed by atoms with van der Waals surface area (Å²) in [4.78, 5) is 14.0. The first-order valence-corrected chi connectivity index (χ1v) is 7.59. The molecule has 5 nitrogen and oxygen atoms in total. The lowest BCUT2D eigenvalue weighted by Crippen LogP contribution is -2.38. The highest BCUT2D eigenvalue weighted by atomic mass is 16.6. The summed E-state index contributed by atoms with van der Waals surface area (Å²) < 4.78 is 5.47. The van der Waals surface area contributed by atoms with Gasteiger partial charge in [0.05, 0.1) is 11.6 Å². The van der Waals surface area contributed by atoms with E-state index >= 15 is 0 Å². The summed E-state index contributed by atoms with van der Waals surface area (Å²) in [7, 11) is 0. The lowest BCUT2D eigenvalue weighted by Gasteiger charge is -2.27. The number of nitrogens with zero attached hydrogens (tertiary/aromatic N) is 2. The standard InChI is InChI=1S/C17H21N3O2/c1-16(2,3)22-15(21)20-7-6-17(11-20)10-19-14-5-4-12(9-18)8-13(14)17/h4-5,8,19H,6-7,10-11H2,1-3H3. The van der Waals surface area contributed by atoms with Crippen LogP contribution in [-0.2, 0) is 10.2 Å². The number of fused-ring (bicyclic) bond motifs is 2. The van der Waals surface area contributed by atoms with Crippen LogP contribution in [-0.4, -0.2) is 36.2 Å². The second-order valence-corrected chi connectivity index (χ2v) is 7.16. The molecule has 2 aliphatic heterocycles. The zero-order valence-electron chi connectivity index (χ0n) is 13.3. The maximum atomic E-state index is 12.3. The third-order valence-corrected chi connectivity index (χ3v) is 4.34. The fourth-order valence-electron chi connectivity index (χ4n) is 3.29. The molecule has 0 radical (unpaired) electrons. The van der Waals surface area contributed by atoms with Gasteiger partial charge in [-0.05, 0) is 51.0 Å². The van der Waals surface area contributed by atoms with E-state index in [1.807, 2.05) is 39.0 Å². The van der Waals surface area contributed by atoms with E-state index < -0.39 is 5.60 Å². The number of likely N-dealkylation sites (tertiary alicyclic amines) is 1. The van der Waals surface area contributed by atoms with Gasteiger partial charge in [0.25, 0.3) is 0 Å². The number of benzene rings is 1. The van der Waals surface area contributed by atoms with E-state index in [9.17, 15) is 4.79 Å². The van der Waals surface area contributed by atoms with Gasteiger partial charge in [-0.1, -0.05) is 0 Å². The maximum Gasteiger partial charge on any atom is 0.410 e. The van der Waals surface area contributed by atoms with Gasteiger partial charge < -0.3 is 15.0 Å². The van der Waals surface area contributed by atoms with E-state index in [4.69, 9.17) is 10.00 Å². The first-order chi connectivity index (χ1) is 10.3. The van der Waals surface area contributed by atoms with Crippen LogP contribution >= 0.6 is 0 Å². The smallest absolute Gasteiger partial charge is 0.410 e. The van der Waals surface area contributed by atoms with E-state index in [0.29, 0.717) is 18.7 Å². The van der Waals surface area contributed by atoms with Gasteiger partial charge in [0, 0.05) is 30.7 Å². The van der Waals surface area contributed by atoms with Gasteiger partial charge in [-0.3, -0.25) is 0 Å². The predicted molar refractivity (Wildman–Crippen MR) is 83.7 cm³/mol. The molecule has 1 aromatic carbocycles. The summed E-state index contributed by atoms with van der Waals surface area (Å²) in [6.45, 7) is 7.76. The van der Waals surface area contributed by atoms with E-state index in [2.05, 4.69) is 11.4 Å². The molecule has 1 aromatic rings. The lowest BCUT2D eigenvalue weighted by atomic mass is 9.81. The second kappa shape index (κ2) is 4.91. The van der Waals surface area contributed by atoms with Crippen molar-refractivity contribution in [2.45, 2.75) is 38.2 Å². The molecule has 5 heteroatoms. The molecule has 1 amide bonds. The number of nitrogens with one attached hydrogen (secondary N) is 1. The molecule has 1 fully saturated rings. The molecule has 22 heavy (non-hydrogen) atoms. The highest BCUT2D eigenvalue weighted by molar-refractivity contribution is 5.70. The molecular weight excluding hydrogens is 278 g/mol. The molecule has 1 unspecified atom stereocenters. The molecule has 3 rings (SSSR count). The van der Waals surface area contributed by atoms with Crippen molar-refractivity contribution in [3.63, 3.8) is 0 Å². The Hall–Kier alpha value is -2.22. The Kier molecular flexibility index (Phi) is 3.28. The SMILES string of the molecule is CC(C)(C)OC(=O)N1CCC2(CNc3ccc(C#N)cc32)C1. The predicted octanol–water partition coefficient (Wildman–Crippen LogP) is 2.86. The number of carbonyl (C=O) groups is 1. The molecular formula is C17H21N3O2. The Morgan fingerprint density at radius 2 is 2.23 bits per heavy atom. The largest absolute Gasteiger partial charge is 0.444 e. The number of rotatable bonds is 0. The molecule has 0 saturated carbocycles. The van der Waals surface area contributed by atoms with Gasteiger partial charge in [0.2, 0.25) is 0 Å². The number of hydrogen-bond donors (Lipinski definition) is 1. The molecule has 2 aliphatic rings. The minimum absolute atomic E-state index is 0.0981. The van der Waals surface area contributed by atoms with Crippen LogP contribution in [0, 0.1) is 11.3 Å². The van der Waals surface area contributed by atoms with Gasteiger partial charge in [-0.15, -0.1) is 0 Å². The molecule has 1 atom stereocenters. The Balaban J connectivity index is 1.82. The fraction of sp³-hybridized carbons (Fsp3) is 0.529. The molecule has 1 N–H and O–H groups in total. The van der Waals surface area contributed by atoms with Crippen molar-refractivity contribution < 1.29 is 9.53 Å². The van der Waals surface area contributed by atoms with Crippen LogP contribution in [0.2, 0.25) is 0 Å². The number of hydrogen-bond acceptors (Lipinski definition) is 4. The average Bonchev–Trinajstić information content (AvgIpc) is 3.03. The number of ether oxygens (including phenoxy) is 1. The van der Waals surface area contributed by atoms with Crippen LogP contribution in [0.3, 0.4) is 0 Å². The number of nitriles is 1. The van der Waals surface area contributed by atoms with Gasteiger partial charge >= 0.3 is 6.09 Å². The summed E-state index contributed by atoms with van der Waals surface area (Å²) in [6, 6.07) is 7.93. The maximum absolute atomic E-state index is 12.3. The molecule has 2 heterocycles. The lowest BCUT2D eigenvalue weighted by molar-refractivity contribution is 0.0285. The van der Waals surface area contributed by atoms with Gasteiger partial charge in [-0.25, -0.2) is 4.79 Å². The van der Waals surface area contributed by atoms with Gasteiger partial charge in [0.15, 0.2) is 0 Å². The normalized spacial score (nSPS) is 23.1. The Labute approximate surface area is 130 Å². The van der Waals surface area contributed by atoms with E-state index in [0.717, 1.165) is 24.2 Å². The van der Waals surface area contributed by atoms with Crippen molar-refractivity contribution in [1.82, 2.24) is 4.90 Å². The van der Waals surface area contributed by atoms with E-state index in [1.165, 1.54) is 0 Å². The van der Waals surface area contributed by atoms with Gasteiger partial charge in [-0.2, -0.15) is 5.26 Å². The summed E-state index contributed by atoms with van der Waals surface area (Å²) in [5.74, 6) is 0. The molecule has 0 bridgehead atoms. The highest BCUT2D eigenvalue weighted by Gasteiger charge is 2.46. The average molecular weight is 299 g/mol. The zero-order valence-corrected chi connectivity index (χ0v) is 13.3. The Morgan fingerprint density at radius 3 is 2.91 bits per heavy atom. The van der Waals surface area contributed by atoms with Crippen LogP contribution in [0.15, 0.2) is 18.2 Å². The van der Waals surface area contributed by atoms with Crippen LogP contribution in [0.1, 0.15) is 38.3 Å². The van der Waals surface area contributed by atoms with Crippen LogP contribution < -0.4 is 5.32 Å². The number of amides is 1. The quantitative estimate of drug-likeness (QED) is 0.800. The summed E-state index contributed by atoms with van der Waals surface area (Å²) >= 11 is 0. The molecule has 0 aliphatic carbocycles. The molecule has 1 spiro atoms. The van der Waals surface area contributed by atoms with Crippen LogP contribution in [0.4, 0.5) is 10.5 Å². The van der Waals surface area contributed by atoms with E-state index in [1.54, 1.807) is 4.90 Å². The van der Waals surface area contributed by atoms with Crippen molar-refractivity contribution in [3.8, 4) is 6.07 Å². The molecule has 0 aromatic heterocycles. The van der Waals surface area contributed by atoms with Gasteiger partial charge in [0.1, 0.15) is 5.60 Å². The summed E-state index contributed by atoms with van der Waals surface area (Å²) in [5, 5.41) is 12.5. The Morgan fingerprint density at radius 1 is 1.45 bits per heavy atom. The minimum Gasteiger partial charge on any atom is -0.444 e. The van der Waals surface area contributed by atoms with Crippen molar-refractivity contribution in [1.29, 1.82) is 5.26 Å². The minimum atomic E-state index is -0.480. The van der Waals surface area contributed by atoms with Crippen molar-refractivity contribution >= 4 is 11.8 Å². The Bertz CT molecular complexity index is 657. The highest BCUT2D eigenvalue weighted by Crippen LogP contribution is 2.43. The van der Waals surface area contributed by atoms with Crippen LogP contribution in [0.5, 0.6) is 0 Å². The number of anilines is 1. The van der Waals surface area contributed by atoms with Crippen LogP contribution in [0.25, 0.3) is 0 Å².